The second-order valence-electron chi connectivity index (χ2n) is 10.9. The van der Waals surface area contributed by atoms with Gasteiger partial charge in [0.1, 0.15) is 24.0 Å². The van der Waals surface area contributed by atoms with E-state index >= 15 is 0 Å². The van der Waals surface area contributed by atoms with Crippen LogP contribution in [0.4, 0.5) is 20.3 Å². The zero-order chi connectivity index (χ0) is 28.6. The predicted octanol–water partition coefficient (Wildman–Crippen LogP) is 6.56. The number of nitrogens with zero attached hydrogens (tertiary/aromatic N) is 3. The average molecular weight is 561 g/mol. The van der Waals surface area contributed by atoms with Crippen molar-refractivity contribution in [3.63, 3.8) is 0 Å². The molecule has 0 saturated carbocycles. The summed E-state index contributed by atoms with van der Waals surface area (Å²) in [5, 5.41) is 7.39. The molecule has 0 saturated heterocycles. The van der Waals surface area contributed by atoms with Crippen LogP contribution in [0.15, 0.2) is 72.8 Å². The van der Waals surface area contributed by atoms with Gasteiger partial charge < -0.3 is 5.32 Å². The van der Waals surface area contributed by atoms with Crippen molar-refractivity contribution in [2.75, 3.05) is 22.5 Å². The Morgan fingerprint density at radius 3 is 2.38 bits per heavy atom. The minimum Gasteiger partial charge on any atom is -0.325 e. The number of hydrogen-bond acceptors (Lipinski definition) is 4. The lowest BCUT2D eigenvalue weighted by molar-refractivity contribution is -0.120. The Morgan fingerprint density at radius 2 is 1.73 bits per heavy atom. The molecule has 2 heterocycles. The quantitative estimate of drug-likeness (QED) is 0.300. The standard InChI is InChI=1S/C31H30F2N4O2S/c1-19-8-14-24(15-9-19)37-30-27(29(35-37)31(2,3)4)28(20-6-5-7-22(33)16-20)40-18-26(39)36(30)17-25(38)34-23-12-10-21(32)11-13-23/h5-16,28H,17-18H2,1-4H3,(H,34,38). The number of amides is 2. The van der Waals surface area contributed by atoms with Gasteiger partial charge in [-0.25, -0.2) is 13.5 Å². The van der Waals surface area contributed by atoms with Crippen LogP contribution in [0.25, 0.3) is 5.69 Å². The van der Waals surface area contributed by atoms with E-state index < -0.39 is 22.4 Å². The molecule has 6 nitrogen and oxygen atoms in total. The van der Waals surface area contributed by atoms with Gasteiger partial charge in [0.25, 0.3) is 0 Å². The van der Waals surface area contributed by atoms with E-state index in [9.17, 15) is 18.4 Å². The molecule has 1 atom stereocenters. The molecule has 1 N–H and O–H groups in total. The number of halogens is 2. The lowest BCUT2D eigenvalue weighted by atomic mass is 9.87. The Kier molecular flexibility index (Phi) is 7.51. The van der Waals surface area contributed by atoms with E-state index in [0.717, 1.165) is 22.5 Å². The Hall–Kier alpha value is -3.98. The molecule has 1 unspecified atom stereocenters. The second kappa shape index (κ2) is 10.9. The topological polar surface area (TPSA) is 67.2 Å². The number of thioether (sulfide) groups is 1. The van der Waals surface area contributed by atoms with Crippen LogP contribution < -0.4 is 10.2 Å². The third-order valence-corrected chi connectivity index (χ3v) is 7.91. The maximum absolute atomic E-state index is 14.4. The van der Waals surface area contributed by atoms with E-state index in [1.807, 2.05) is 58.0 Å². The van der Waals surface area contributed by atoms with Crippen LogP contribution in [0, 0.1) is 18.6 Å². The van der Waals surface area contributed by atoms with Crippen LogP contribution in [0.3, 0.4) is 0 Å². The molecule has 206 valence electrons. The maximum Gasteiger partial charge on any atom is 0.244 e. The van der Waals surface area contributed by atoms with Crippen molar-refractivity contribution in [3.05, 3.63) is 107 Å². The summed E-state index contributed by atoms with van der Waals surface area (Å²) in [5.41, 5.74) is 4.03. The fourth-order valence-electron chi connectivity index (χ4n) is 4.75. The molecule has 4 aromatic rings. The van der Waals surface area contributed by atoms with Gasteiger partial charge >= 0.3 is 0 Å². The highest BCUT2D eigenvalue weighted by Crippen LogP contribution is 2.48. The molecule has 40 heavy (non-hydrogen) atoms. The number of aryl methyl sites for hydroxylation is 1. The summed E-state index contributed by atoms with van der Waals surface area (Å²) >= 11 is 1.39. The number of rotatable bonds is 5. The summed E-state index contributed by atoms with van der Waals surface area (Å²) in [7, 11) is 0. The van der Waals surface area contributed by atoms with Gasteiger partial charge in [-0.05, 0) is 61.0 Å². The van der Waals surface area contributed by atoms with E-state index in [1.165, 1.54) is 53.1 Å². The van der Waals surface area contributed by atoms with Crippen molar-refractivity contribution in [3.8, 4) is 5.69 Å². The lowest BCUT2D eigenvalue weighted by Gasteiger charge is -2.24. The third kappa shape index (κ3) is 5.65. The highest BCUT2D eigenvalue weighted by atomic mass is 32.2. The van der Waals surface area contributed by atoms with Crippen molar-refractivity contribution in [2.45, 2.75) is 38.4 Å². The van der Waals surface area contributed by atoms with Gasteiger partial charge in [-0.3, -0.25) is 14.5 Å². The SMILES string of the molecule is Cc1ccc(-n2nc(C(C)(C)C)c3c2N(CC(=O)Nc2ccc(F)cc2)C(=O)CSC3c2cccc(F)c2)cc1. The molecular formula is C31H30F2N4O2S. The van der Waals surface area contributed by atoms with Crippen molar-refractivity contribution in [1.29, 1.82) is 0 Å². The largest absolute Gasteiger partial charge is 0.325 e. The number of carbonyl (C=O) groups is 2. The molecule has 3 aromatic carbocycles. The van der Waals surface area contributed by atoms with Gasteiger partial charge in [-0.1, -0.05) is 50.6 Å². The van der Waals surface area contributed by atoms with Crippen molar-refractivity contribution in [2.24, 2.45) is 0 Å². The van der Waals surface area contributed by atoms with Crippen molar-refractivity contribution in [1.82, 2.24) is 9.78 Å². The van der Waals surface area contributed by atoms with Gasteiger partial charge in [0.15, 0.2) is 0 Å². The van der Waals surface area contributed by atoms with Gasteiger partial charge in [-0.2, -0.15) is 5.10 Å². The lowest BCUT2D eigenvalue weighted by Crippen LogP contribution is -2.40. The van der Waals surface area contributed by atoms with Crippen LogP contribution >= 0.6 is 11.8 Å². The highest BCUT2D eigenvalue weighted by molar-refractivity contribution is 8.00. The Labute approximate surface area is 236 Å². The molecule has 1 aromatic heterocycles. The molecule has 5 rings (SSSR count). The first-order valence-electron chi connectivity index (χ1n) is 12.9. The van der Waals surface area contributed by atoms with Crippen LogP contribution in [0.2, 0.25) is 0 Å². The van der Waals surface area contributed by atoms with E-state index in [1.54, 1.807) is 10.7 Å². The number of nitrogens with one attached hydrogen (secondary N) is 1. The second-order valence-corrected chi connectivity index (χ2v) is 12.0. The first-order valence-corrected chi connectivity index (χ1v) is 14.0. The Balaban J connectivity index is 1.69. The number of benzene rings is 3. The predicted molar refractivity (Wildman–Crippen MR) is 155 cm³/mol. The molecule has 1 aliphatic rings. The number of anilines is 2. The average Bonchev–Trinajstić information content (AvgIpc) is 3.24. The van der Waals surface area contributed by atoms with Crippen LogP contribution in [-0.4, -0.2) is 33.9 Å². The van der Waals surface area contributed by atoms with Gasteiger partial charge in [0.05, 0.1) is 22.4 Å². The highest BCUT2D eigenvalue weighted by Gasteiger charge is 2.40. The van der Waals surface area contributed by atoms with Gasteiger partial charge in [-0.15, -0.1) is 11.8 Å². The van der Waals surface area contributed by atoms with E-state index in [2.05, 4.69) is 5.32 Å². The van der Waals surface area contributed by atoms with Crippen LogP contribution in [0.1, 0.15) is 48.4 Å². The summed E-state index contributed by atoms with van der Waals surface area (Å²) in [6, 6.07) is 19.6. The number of fused-ring (bicyclic) bond motifs is 1. The van der Waals surface area contributed by atoms with Gasteiger partial charge in [0, 0.05) is 16.7 Å². The number of carbonyl (C=O) groups excluding carboxylic acids is 2. The Bertz CT molecular complexity index is 1560. The van der Waals surface area contributed by atoms with Crippen LogP contribution in [-0.2, 0) is 15.0 Å². The Morgan fingerprint density at radius 1 is 1.02 bits per heavy atom. The van der Waals surface area contributed by atoms with Crippen LogP contribution in [0.5, 0.6) is 0 Å². The first-order chi connectivity index (χ1) is 19.0. The molecule has 9 heteroatoms. The minimum atomic E-state index is -0.436. The molecule has 1 aliphatic heterocycles. The molecule has 0 radical (unpaired) electrons. The smallest absolute Gasteiger partial charge is 0.244 e. The number of aromatic nitrogens is 2. The summed E-state index contributed by atoms with van der Waals surface area (Å²) in [4.78, 5) is 28.4. The fourth-order valence-corrected chi connectivity index (χ4v) is 5.94. The maximum atomic E-state index is 14.4. The summed E-state index contributed by atoms with van der Waals surface area (Å²) in [6.45, 7) is 7.84. The molecular weight excluding hydrogens is 530 g/mol. The van der Waals surface area contributed by atoms with Gasteiger partial charge in [0.2, 0.25) is 11.8 Å². The summed E-state index contributed by atoms with van der Waals surface area (Å²) in [6.07, 6.45) is 0. The van der Waals surface area contributed by atoms with E-state index in [0.29, 0.717) is 17.1 Å². The van der Waals surface area contributed by atoms with E-state index in [-0.39, 0.29) is 24.0 Å². The number of hydrogen-bond donors (Lipinski definition) is 1. The zero-order valence-electron chi connectivity index (χ0n) is 22.7. The first kappa shape index (κ1) is 27.6. The molecule has 0 spiro atoms. The summed E-state index contributed by atoms with van der Waals surface area (Å²) in [5.74, 6) is -0.928. The molecule has 2 amide bonds. The third-order valence-electron chi connectivity index (χ3n) is 6.66. The van der Waals surface area contributed by atoms with Crippen molar-refractivity contribution >= 4 is 35.1 Å². The fraction of sp³-hybridized carbons (Fsp3) is 0.258. The van der Waals surface area contributed by atoms with Crippen molar-refractivity contribution < 1.29 is 18.4 Å². The normalized spacial score (nSPS) is 15.5. The zero-order valence-corrected chi connectivity index (χ0v) is 23.6. The minimum absolute atomic E-state index is 0.0805. The molecule has 0 fully saturated rings. The van der Waals surface area contributed by atoms with E-state index in [4.69, 9.17) is 5.10 Å². The molecule has 0 bridgehead atoms. The molecule has 0 aliphatic carbocycles. The monoisotopic (exact) mass is 560 g/mol. The summed E-state index contributed by atoms with van der Waals surface area (Å²) < 4.78 is 29.5.